The number of rotatable bonds is 5. The summed E-state index contributed by atoms with van der Waals surface area (Å²) in [5.74, 6) is 1.65. The Morgan fingerprint density at radius 3 is 2.83 bits per heavy atom. The Bertz CT molecular complexity index is 524. The fraction of sp³-hybridized carbons (Fsp3) is 0.538. The second kappa shape index (κ2) is 5.67. The quantitative estimate of drug-likeness (QED) is 0.782. The van der Waals surface area contributed by atoms with E-state index >= 15 is 0 Å². The molecule has 2 aromatic heterocycles. The largest absolute Gasteiger partial charge is 0.383 e. The Hall–Kier alpha value is -1.13. The van der Waals surface area contributed by atoms with Gasteiger partial charge in [-0.05, 0) is 18.1 Å². The number of pyridine rings is 1. The van der Waals surface area contributed by atoms with E-state index < -0.39 is 0 Å². The highest BCUT2D eigenvalue weighted by atomic mass is 35.5. The molecule has 0 aliphatic rings. The highest BCUT2D eigenvalue weighted by molar-refractivity contribution is 6.16. The summed E-state index contributed by atoms with van der Waals surface area (Å²) in [6.07, 6.45) is 1.78. The number of alkyl halides is 1. The zero-order valence-electron chi connectivity index (χ0n) is 10.9. The summed E-state index contributed by atoms with van der Waals surface area (Å²) in [5, 5.41) is 0. The molecule has 2 heterocycles. The number of imidazole rings is 1. The van der Waals surface area contributed by atoms with E-state index in [-0.39, 0.29) is 6.04 Å². The molecule has 0 aliphatic carbocycles. The van der Waals surface area contributed by atoms with Crippen molar-refractivity contribution in [3.05, 3.63) is 24.2 Å². The fourth-order valence-electron chi connectivity index (χ4n) is 2.16. The molecule has 0 saturated heterocycles. The van der Waals surface area contributed by atoms with Gasteiger partial charge in [0.05, 0.1) is 18.5 Å². The Kier molecular flexibility index (Phi) is 4.19. The lowest BCUT2D eigenvalue weighted by atomic mass is 10.1. The Balaban J connectivity index is 2.58. The van der Waals surface area contributed by atoms with Crippen LogP contribution in [0.1, 0.15) is 25.7 Å². The van der Waals surface area contributed by atoms with Crippen LogP contribution >= 0.6 is 11.6 Å². The van der Waals surface area contributed by atoms with Gasteiger partial charge in [-0.25, -0.2) is 9.97 Å². The number of fused-ring (bicyclic) bond motifs is 1. The van der Waals surface area contributed by atoms with Crippen molar-refractivity contribution >= 4 is 22.8 Å². The third kappa shape index (κ3) is 2.35. The van der Waals surface area contributed by atoms with Crippen molar-refractivity contribution < 1.29 is 4.74 Å². The summed E-state index contributed by atoms with van der Waals surface area (Å²) >= 11 is 6.00. The molecule has 0 aliphatic heterocycles. The Morgan fingerprint density at radius 2 is 2.22 bits per heavy atom. The van der Waals surface area contributed by atoms with Gasteiger partial charge in [-0.3, -0.25) is 0 Å². The first-order chi connectivity index (χ1) is 8.69. The van der Waals surface area contributed by atoms with Gasteiger partial charge < -0.3 is 9.30 Å². The molecule has 0 saturated carbocycles. The van der Waals surface area contributed by atoms with Crippen molar-refractivity contribution in [2.24, 2.45) is 5.92 Å². The topological polar surface area (TPSA) is 39.9 Å². The van der Waals surface area contributed by atoms with E-state index in [1.54, 1.807) is 13.3 Å². The molecule has 0 amide bonds. The van der Waals surface area contributed by atoms with Crippen LogP contribution in [0.4, 0.5) is 0 Å². The maximum Gasteiger partial charge on any atom is 0.160 e. The average molecular weight is 268 g/mol. The van der Waals surface area contributed by atoms with Crippen molar-refractivity contribution in [2.45, 2.75) is 25.8 Å². The minimum absolute atomic E-state index is 0.198. The lowest BCUT2D eigenvalue weighted by Gasteiger charge is -2.23. The SMILES string of the molecule is COCC(C(C)C)n1c(CCl)nc2cccnc21. The summed E-state index contributed by atoms with van der Waals surface area (Å²) in [5.41, 5.74) is 1.76. The zero-order valence-corrected chi connectivity index (χ0v) is 11.7. The molecule has 0 N–H and O–H groups in total. The first-order valence-corrected chi connectivity index (χ1v) is 6.59. The van der Waals surface area contributed by atoms with Gasteiger partial charge >= 0.3 is 0 Å². The fourth-order valence-corrected chi connectivity index (χ4v) is 2.34. The summed E-state index contributed by atoms with van der Waals surface area (Å²) in [6, 6.07) is 4.04. The van der Waals surface area contributed by atoms with E-state index in [9.17, 15) is 0 Å². The molecule has 5 heteroatoms. The molecule has 18 heavy (non-hydrogen) atoms. The van der Waals surface area contributed by atoms with E-state index in [0.29, 0.717) is 18.4 Å². The van der Waals surface area contributed by atoms with Crippen LogP contribution < -0.4 is 0 Å². The van der Waals surface area contributed by atoms with Gasteiger partial charge in [0.1, 0.15) is 11.3 Å². The van der Waals surface area contributed by atoms with Gasteiger partial charge in [0.15, 0.2) is 5.65 Å². The molecule has 0 spiro atoms. The van der Waals surface area contributed by atoms with Crippen LogP contribution in [0.5, 0.6) is 0 Å². The van der Waals surface area contributed by atoms with Crippen LogP contribution in [0.25, 0.3) is 11.2 Å². The molecular weight excluding hydrogens is 250 g/mol. The molecule has 0 fully saturated rings. The molecule has 2 aromatic rings. The number of halogens is 1. The summed E-state index contributed by atoms with van der Waals surface area (Å²) < 4.78 is 7.43. The number of methoxy groups -OCH3 is 1. The molecule has 2 rings (SSSR count). The predicted molar refractivity (Wildman–Crippen MR) is 72.8 cm³/mol. The van der Waals surface area contributed by atoms with Crippen molar-refractivity contribution in [1.29, 1.82) is 0 Å². The van der Waals surface area contributed by atoms with E-state index in [2.05, 4.69) is 28.4 Å². The minimum Gasteiger partial charge on any atom is -0.383 e. The van der Waals surface area contributed by atoms with Crippen LogP contribution in [0.3, 0.4) is 0 Å². The van der Waals surface area contributed by atoms with Crippen LogP contribution in [-0.2, 0) is 10.6 Å². The van der Waals surface area contributed by atoms with E-state index in [0.717, 1.165) is 17.0 Å². The molecule has 1 atom stereocenters. The lowest BCUT2D eigenvalue weighted by Crippen LogP contribution is -2.22. The first-order valence-electron chi connectivity index (χ1n) is 6.05. The molecular formula is C13H18ClN3O. The highest BCUT2D eigenvalue weighted by Gasteiger charge is 2.22. The van der Waals surface area contributed by atoms with Crippen LogP contribution in [0.15, 0.2) is 18.3 Å². The molecule has 0 radical (unpaired) electrons. The van der Waals surface area contributed by atoms with Crippen molar-refractivity contribution in [2.75, 3.05) is 13.7 Å². The predicted octanol–water partition coefficient (Wildman–Crippen LogP) is 3.01. The van der Waals surface area contributed by atoms with Crippen LogP contribution in [0, 0.1) is 5.92 Å². The molecule has 0 bridgehead atoms. The number of ether oxygens (including phenoxy) is 1. The average Bonchev–Trinajstić information content (AvgIpc) is 2.74. The van der Waals surface area contributed by atoms with Gasteiger partial charge in [0.25, 0.3) is 0 Å². The van der Waals surface area contributed by atoms with Crippen LogP contribution in [-0.4, -0.2) is 28.3 Å². The molecule has 4 nitrogen and oxygen atoms in total. The maximum atomic E-state index is 6.00. The monoisotopic (exact) mass is 267 g/mol. The van der Waals surface area contributed by atoms with E-state index in [4.69, 9.17) is 16.3 Å². The van der Waals surface area contributed by atoms with Gasteiger partial charge in [-0.1, -0.05) is 13.8 Å². The highest BCUT2D eigenvalue weighted by Crippen LogP contribution is 2.26. The molecule has 98 valence electrons. The second-order valence-corrected chi connectivity index (χ2v) is 4.91. The van der Waals surface area contributed by atoms with Gasteiger partial charge in [-0.15, -0.1) is 11.6 Å². The van der Waals surface area contributed by atoms with E-state index in [1.165, 1.54) is 0 Å². The van der Waals surface area contributed by atoms with Crippen molar-refractivity contribution in [3.8, 4) is 0 Å². The standard InChI is InChI=1S/C13H18ClN3O/c1-9(2)11(8-18-3)17-12(7-14)16-10-5-4-6-15-13(10)17/h4-6,9,11H,7-8H2,1-3H3. The zero-order chi connectivity index (χ0) is 13.1. The molecule has 1 unspecified atom stereocenters. The third-order valence-corrected chi connectivity index (χ3v) is 3.32. The first kappa shape index (κ1) is 13.3. The summed E-state index contributed by atoms with van der Waals surface area (Å²) in [4.78, 5) is 8.95. The lowest BCUT2D eigenvalue weighted by molar-refractivity contribution is 0.133. The summed E-state index contributed by atoms with van der Waals surface area (Å²) in [7, 11) is 1.71. The number of hydrogen-bond acceptors (Lipinski definition) is 3. The van der Waals surface area contributed by atoms with Gasteiger partial charge in [0.2, 0.25) is 0 Å². The molecule has 0 aromatic carbocycles. The number of hydrogen-bond donors (Lipinski definition) is 0. The van der Waals surface area contributed by atoms with Crippen molar-refractivity contribution in [3.63, 3.8) is 0 Å². The van der Waals surface area contributed by atoms with Gasteiger partial charge in [-0.2, -0.15) is 0 Å². The third-order valence-electron chi connectivity index (χ3n) is 3.08. The Labute approximate surface area is 112 Å². The minimum atomic E-state index is 0.198. The maximum absolute atomic E-state index is 6.00. The number of nitrogens with zero attached hydrogens (tertiary/aromatic N) is 3. The Morgan fingerprint density at radius 1 is 1.44 bits per heavy atom. The van der Waals surface area contributed by atoms with Gasteiger partial charge in [0, 0.05) is 13.3 Å². The van der Waals surface area contributed by atoms with Crippen molar-refractivity contribution in [1.82, 2.24) is 14.5 Å². The normalized spacial score (nSPS) is 13.4. The summed E-state index contributed by atoms with van der Waals surface area (Å²) in [6.45, 7) is 4.95. The smallest absolute Gasteiger partial charge is 0.160 e. The second-order valence-electron chi connectivity index (χ2n) is 4.64. The van der Waals surface area contributed by atoms with Crippen LogP contribution in [0.2, 0.25) is 0 Å². The number of aromatic nitrogens is 3. The van der Waals surface area contributed by atoms with E-state index in [1.807, 2.05) is 12.1 Å².